The zero-order valence-electron chi connectivity index (χ0n) is 10.0. The first kappa shape index (κ1) is 11.7. The Morgan fingerprint density at radius 3 is 2.40 bits per heavy atom. The Kier molecular flexibility index (Phi) is 3.12. The maximum absolute atomic E-state index is 11.7. The molecule has 0 aliphatic carbocycles. The summed E-state index contributed by atoms with van der Waals surface area (Å²) in [4.78, 5) is 17.6. The fourth-order valence-corrected chi connectivity index (χ4v) is 1.23. The van der Waals surface area contributed by atoms with Crippen LogP contribution in [0.2, 0.25) is 0 Å². The van der Waals surface area contributed by atoms with Gasteiger partial charge in [-0.05, 0) is 12.1 Å². The van der Waals surface area contributed by atoms with Gasteiger partial charge in [-0.2, -0.15) is 0 Å². The minimum atomic E-state index is -0.0252. The van der Waals surface area contributed by atoms with E-state index in [9.17, 15) is 4.79 Å². The zero-order chi connectivity index (χ0) is 11.6. The molecule has 0 radical (unpaired) electrons. The smallest absolute Gasteiger partial charge is 0.253 e. The summed E-state index contributed by atoms with van der Waals surface area (Å²) < 4.78 is 0. The quantitative estimate of drug-likeness (QED) is 0.705. The van der Waals surface area contributed by atoms with Crippen LogP contribution < -0.4 is 0 Å². The number of amides is 1. The summed E-state index contributed by atoms with van der Waals surface area (Å²) in [6.07, 6.45) is 1.69. The van der Waals surface area contributed by atoms with E-state index in [0.29, 0.717) is 5.56 Å². The molecule has 0 saturated heterocycles. The molecule has 1 amide bonds. The Balaban J connectivity index is 3.09. The number of aromatic nitrogens is 1. The van der Waals surface area contributed by atoms with Gasteiger partial charge in [-0.1, -0.05) is 20.8 Å². The van der Waals surface area contributed by atoms with Crippen LogP contribution in [0.15, 0.2) is 18.3 Å². The third kappa shape index (κ3) is 2.78. The fourth-order valence-electron chi connectivity index (χ4n) is 1.23. The number of rotatable bonds is 1. The van der Waals surface area contributed by atoms with Crippen LogP contribution in [-0.2, 0) is 5.41 Å². The second-order valence-corrected chi connectivity index (χ2v) is 4.88. The predicted molar refractivity (Wildman–Crippen MR) is 61.0 cm³/mol. The van der Waals surface area contributed by atoms with Crippen molar-refractivity contribution in [2.75, 3.05) is 14.1 Å². The van der Waals surface area contributed by atoms with Gasteiger partial charge in [0.15, 0.2) is 0 Å². The average molecular weight is 206 g/mol. The van der Waals surface area contributed by atoms with Crippen molar-refractivity contribution in [2.45, 2.75) is 26.2 Å². The summed E-state index contributed by atoms with van der Waals surface area (Å²) in [5.74, 6) is 0.0166. The normalized spacial score (nSPS) is 11.3. The summed E-state index contributed by atoms with van der Waals surface area (Å²) in [5.41, 5.74) is 1.61. The Bertz CT molecular complexity index is 364. The van der Waals surface area contributed by atoms with Crippen molar-refractivity contribution in [1.82, 2.24) is 9.88 Å². The van der Waals surface area contributed by atoms with Gasteiger partial charge in [0.1, 0.15) is 0 Å². The highest BCUT2D eigenvalue weighted by Gasteiger charge is 2.17. The molecule has 0 spiro atoms. The Labute approximate surface area is 91.1 Å². The SMILES string of the molecule is CN(C)C(=O)c1ccnc(C(C)(C)C)c1. The summed E-state index contributed by atoms with van der Waals surface area (Å²) >= 11 is 0. The van der Waals surface area contributed by atoms with Crippen molar-refractivity contribution in [3.63, 3.8) is 0 Å². The number of hydrogen-bond donors (Lipinski definition) is 0. The molecule has 0 fully saturated rings. The van der Waals surface area contributed by atoms with E-state index in [-0.39, 0.29) is 11.3 Å². The van der Waals surface area contributed by atoms with Crippen LogP contribution >= 0.6 is 0 Å². The van der Waals surface area contributed by atoms with Crippen LogP contribution in [0.4, 0.5) is 0 Å². The minimum Gasteiger partial charge on any atom is -0.345 e. The lowest BCUT2D eigenvalue weighted by atomic mass is 9.91. The number of carbonyl (C=O) groups excluding carboxylic acids is 1. The lowest BCUT2D eigenvalue weighted by Crippen LogP contribution is -2.23. The topological polar surface area (TPSA) is 33.2 Å². The Morgan fingerprint density at radius 2 is 1.93 bits per heavy atom. The molecule has 0 N–H and O–H groups in total. The van der Waals surface area contributed by atoms with E-state index in [4.69, 9.17) is 0 Å². The molecule has 0 bridgehead atoms. The number of nitrogens with zero attached hydrogens (tertiary/aromatic N) is 2. The van der Waals surface area contributed by atoms with Gasteiger partial charge in [-0.15, -0.1) is 0 Å². The summed E-state index contributed by atoms with van der Waals surface area (Å²) in [5, 5.41) is 0. The third-order valence-electron chi connectivity index (χ3n) is 2.18. The predicted octanol–water partition coefficient (Wildman–Crippen LogP) is 2.08. The first-order valence-electron chi connectivity index (χ1n) is 5.00. The molecule has 1 aromatic heterocycles. The first-order chi connectivity index (χ1) is 6.82. The lowest BCUT2D eigenvalue weighted by Gasteiger charge is -2.18. The molecule has 0 aliphatic heterocycles. The van der Waals surface area contributed by atoms with E-state index in [1.54, 1.807) is 31.3 Å². The van der Waals surface area contributed by atoms with Crippen molar-refractivity contribution >= 4 is 5.91 Å². The molecule has 0 aliphatic rings. The Morgan fingerprint density at radius 1 is 1.33 bits per heavy atom. The standard InChI is InChI=1S/C12H18N2O/c1-12(2,3)10-8-9(6-7-13-10)11(15)14(4)5/h6-8H,1-5H3. The van der Waals surface area contributed by atoms with Gasteiger partial charge in [-0.25, -0.2) is 0 Å². The monoisotopic (exact) mass is 206 g/mol. The highest BCUT2D eigenvalue weighted by Crippen LogP contribution is 2.20. The zero-order valence-corrected chi connectivity index (χ0v) is 10.0. The van der Waals surface area contributed by atoms with Gasteiger partial charge >= 0.3 is 0 Å². The van der Waals surface area contributed by atoms with Crippen molar-refractivity contribution in [3.8, 4) is 0 Å². The van der Waals surface area contributed by atoms with Crippen molar-refractivity contribution in [1.29, 1.82) is 0 Å². The molecule has 3 nitrogen and oxygen atoms in total. The van der Waals surface area contributed by atoms with E-state index in [2.05, 4.69) is 25.8 Å². The van der Waals surface area contributed by atoms with E-state index in [1.807, 2.05) is 6.07 Å². The largest absolute Gasteiger partial charge is 0.345 e. The van der Waals surface area contributed by atoms with Gasteiger partial charge in [0.05, 0.1) is 0 Å². The molecular formula is C12H18N2O. The van der Waals surface area contributed by atoms with Crippen molar-refractivity contribution in [2.24, 2.45) is 0 Å². The molecule has 1 aromatic rings. The first-order valence-corrected chi connectivity index (χ1v) is 5.00. The summed E-state index contributed by atoms with van der Waals surface area (Å²) in [6.45, 7) is 6.25. The molecule has 0 saturated carbocycles. The Hall–Kier alpha value is -1.38. The number of hydrogen-bond acceptors (Lipinski definition) is 2. The third-order valence-corrected chi connectivity index (χ3v) is 2.18. The maximum atomic E-state index is 11.7. The van der Waals surface area contributed by atoms with Gasteiger partial charge in [0.2, 0.25) is 0 Å². The highest BCUT2D eigenvalue weighted by molar-refractivity contribution is 5.93. The summed E-state index contributed by atoms with van der Waals surface area (Å²) in [6, 6.07) is 3.61. The molecule has 0 aromatic carbocycles. The molecule has 3 heteroatoms. The van der Waals surface area contributed by atoms with E-state index in [0.717, 1.165) is 5.69 Å². The van der Waals surface area contributed by atoms with E-state index < -0.39 is 0 Å². The molecule has 1 heterocycles. The molecule has 0 atom stereocenters. The molecule has 15 heavy (non-hydrogen) atoms. The van der Waals surface area contributed by atoms with Gasteiger partial charge in [-0.3, -0.25) is 9.78 Å². The van der Waals surface area contributed by atoms with Crippen molar-refractivity contribution < 1.29 is 4.79 Å². The van der Waals surface area contributed by atoms with Crippen LogP contribution in [0.25, 0.3) is 0 Å². The highest BCUT2D eigenvalue weighted by atomic mass is 16.2. The van der Waals surface area contributed by atoms with Crippen LogP contribution in [0.5, 0.6) is 0 Å². The lowest BCUT2D eigenvalue weighted by molar-refractivity contribution is 0.0827. The van der Waals surface area contributed by atoms with Crippen molar-refractivity contribution in [3.05, 3.63) is 29.6 Å². The van der Waals surface area contributed by atoms with Crippen LogP contribution in [0, 0.1) is 0 Å². The minimum absolute atomic E-state index is 0.0166. The second kappa shape index (κ2) is 4.01. The van der Waals surface area contributed by atoms with E-state index in [1.165, 1.54) is 0 Å². The average Bonchev–Trinajstić information content (AvgIpc) is 2.15. The molecule has 1 rings (SSSR count). The molecule has 82 valence electrons. The molecular weight excluding hydrogens is 188 g/mol. The molecule has 0 unspecified atom stereocenters. The van der Waals surface area contributed by atoms with Gasteiger partial charge < -0.3 is 4.90 Å². The second-order valence-electron chi connectivity index (χ2n) is 4.88. The number of pyridine rings is 1. The fraction of sp³-hybridized carbons (Fsp3) is 0.500. The maximum Gasteiger partial charge on any atom is 0.253 e. The van der Waals surface area contributed by atoms with Gasteiger partial charge in [0, 0.05) is 37.0 Å². The van der Waals surface area contributed by atoms with Crippen LogP contribution in [0.3, 0.4) is 0 Å². The number of carbonyl (C=O) groups is 1. The van der Waals surface area contributed by atoms with Gasteiger partial charge in [0.25, 0.3) is 5.91 Å². The van der Waals surface area contributed by atoms with Crippen LogP contribution in [0.1, 0.15) is 36.8 Å². The summed E-state index contributed by atoms with van der Waals surface area (Å²) in [7, 11) is 3.50. The van der Waals surface area contributed by atoms with Crippen LogP contribution in [-0.4, -0.2) is 29.9 Å². The van der Waals surface area contributed by atoms with E-state index >= 15 is 0 Å².